The van der Waals surface area contributed by atoms with Gasteiger partial charge in [-0.3, -0.25) is 9.69 Å². The zero-order chi connectivity index (χ0) is 25.4. The van der Waals surface area contributed by atoms with Gasteiger partial charge in [0.15, 0.2) is 11.5 Å². The summed E-state index contributed by atoms with van der Waals surface area (Å²) in [6, 6.07) is 22.3. The lowest BCUT2D eigenvalue weighted by atomic mass is 9.74. The van der Waals surface area contributed by atoms with Crippen LogP contribution in [-0.4, -0.2) is 73.0 Å². The number of nitrogens with zero attached hydrogens (tertiary/aromatic N) is 2. The Balaban J connectivity index is 1.23. The SMILES string of the molecule is COc1ccc(-c2ccc([C@H]3[C@H](CO)N4CCCCN(C(=O)c5ccc6c(c5)OCO6)C[C@@H]34)cc2)cc1. The number of fused-ring (bicyclic) bond motifs is 2. The van der Waals surface area contributed by atoms with E-state index in [4.69, 9.17) is 14.2 Å². The molecule has 2 saturated heterocycles. The molecule has 3 heterocycles. The van der Waals surface area contributed by atoms with Gasteiger partial charge in [0.2, 0.25) is 6.79 Å². The van der Waals surface area contributed by atoms with Crippen LogP contribution in [0.1, 0.15) is 34.7 Å². The number of hydrogen-bond donors (Lipinski definition) is 1. The normalized spacial score (nSPS) is 23.0. The molecular formula is C30H32N2O5. The highest BCUT2D eigenvalue weighted by Gasteiger charge is 2.49. The number of ether oxygens (including phenoxy) is 3. The van der Waals surface area contributed by atoms with Gasteiger partial charge < -0.3 is 24.2 Å². The predicted octanol–water partition coefficient (Wildman–Crippen LogP) is 4.16. The number of aliphatic hydroxyl groups excluding tert-OH is 1. The van der Waals surface area contributed by atoms with E-state index in [1.165, 1.54) is 5.56 Å². The van der Waals surface area contributed by atoms with Crippen molar-refractivity contribution in [3.8, 4) is 28.4 Å². The van der Waals surface area contributed by atoms with Gasteiger partial charge in [-0.25, -0.2) is 0 Å². The van der Waals surface area contributed by atoms with Crippen LogP contribution >= 0.6 is 0 Å². The largest absolute Gasteiger partial charge is 0.497 e. The first-order valence-electron chi connectivity index (χ1n) is 13.0. The van der Waals surface area contributed by atoms with E-state index >= 15 is 0 Å². The zero-order valence-electron chi connectivity index (χ0n) is 21.0. The first-order chi connectivity index (χ1) is 18.2. The highest BCUT2D eigenvalue weighted by atomic mass is 16.7. The number of benzene rings is 3. The van der Waals surface area contributed by atoms with Gasteiger partial charge in [-0.1, -0.05) is 36.4 Å². The van der Waals surface area contributed by atoms with Crippen LogP contribution in [0.15, 0.2) is 66.7 Å². The minimum atomic E-state index is 0.0150. The summed E-state index contributed by atoms with van der Waals surface area (Å²) >= 11 is 0. The van der Waals surface area contributed by atoms with Crippen LogP contribution in [0, 0.1) is 0 Å². The second kappa shape index (κ2) is 10.1. The fraction of sp³-hybridized carbons (Fsp3) is 0.367. The van der Waals surface area contributed by atoms with E-state index < -0.39 is 0 Å². The maximum atomic E-state index is 13.5. The van der Waals surface area contributed by atoms with E-state index in [9.17, 15) is 9.90 Å². The van der Waals surface area contributed by atoms with Crippen molar-refractivity contribution in [3.63, 3.8) is 0 Å². The third-order valence-corrected chi connectivity index (χ3v) is 8.00. The number of carbonyl (C=O) groups is 1. The van der Waals surface area contributed by atoms with Gasteiger partial charge in [0.25, 0.3) is 5.91 Å². The average Bonchev–Trinajstić information content (AvgIpc) is 3.40. The van der Waals surface area contributed by atoms with Crippen LogP contribution in [0.25, 0.3) is 11.1 Å². The molecule has 0 radical (unpaired) electrons. The standard InChI is InChI=1S/C30H32N2O5/c1-35-24-11-8-21(9-12-24)20-4-6-22(7-5-20)29-25-17-31(14-2-3-15-32(25)26(29)18-33)30(34)23-10-13-27-28(16-23)37-19-36-27/h4-13,16,25-26,29,33H,2-3,14-15,17-19H2,1H3/t25-,26-,29+/m0/s1. The van der Waals surface area contributed by atoms with Gasteiger partial charge in [0, 0.05) is 36.7 Å². The third-order valence-electron chi connectivity index (χ3n) is 8.00. The lowest BCUT2D eigenvalue weighted by Gasteiger charge is -2.57. The lowest BCUT2D eigenvalue weighted by molar-refractivity contribution is -0.0606. The first-order valence-corrected chi connectivity index (χ1v) is 13.0. The van der Waals surface area contributed by atoms with Crippen molar-refractivity contribution in [3.05, 3.63) is 77.9 Å². The molecule has 3 aliphatic heterocycles. The Morgan fingerprint density at radius 3 is 2.38 bits per heavy atom. The van der Waals surface area contributed by atoms with Gasteiger partial charge in [0.1, 0.15) is 5.75 Å². The molecule has 7 heteroatoms. The zero-order valence-corrected chi connectivity index (χ0v) is 21.0. The van der Waals surface area contributed by atoms with E-state index in [2.05, 4.69) is 41.3 Å². The summed E-state index contributed by atoms with van der Waals surface area (Å²) in [4.78, 5) is 17.9. The molecule has 0 unspecified atom stereocenters. The summed E-state index contributed by atoms with van der Waals surface area (Å²) in [5.74, 6) is 2.32. The van der Waals surface area contributed by atoms with Crippen LogP contribution in [-0.2, 0) is 0 Å². The predicted molar refractivity (Wildman–Crippen MR) is 140 cm³/mol. The number of methoxy groups -OCH3 is 1. The molecule has 0 aliphatic carbocycles. The molecule has 192 valence electrons. The molecule has 0 aromatic heterocycles. The molecule has 2 fully saturated rings. The first kappa shape index (κ1) is 23.8. The van der Waals surface area contributed by atoms with Crippen molar-refractivity contribution in [2.24, 2.45) is 0 Å². The maximum absolute atomic E-state index is 13.5. The van der Waals surface area contributed by atoms with Crippen molar-refractivity contribution < 1.29 is 24.1 Å². The van der Waals surface area contributed by atoms with Crippen LogP contribution in [0.4, 0.5) is 0 Å². The molecule has 3 aliphatic rings. The number of amides is 1. The van der Waals surface area contributed by atoms with Gasteiger partial charge in [-0.05, 0) is 66.4 Å². The Hall–Kier alpha value is -3.55. The topological polar surface area (TPSA) is 71.5 Å². The Kier molecular flexibility index (Phi) is 6.49. The number of carbonyl (C=O) groups excluding carboxylic acids is 1. The number of hydrogen-bond acceptors (Lipinski definition) is 6. The van der Waals surface area contributed by atoms with Crippen LogP contribution < -0.4 is 14.2 Å². The molecule has 0 bridgehead atoms. The Morgan fingerprint density at radius 2 is 1.65 bits per heavy atom. The Bertz CT molecular complexity index is 1260. The molecule has 3 aromatic rings. The monoisotopic (exact) mass is 500 g/mol. The fourth-order valence-electron chi connectivity index (χ4n) is 6.02. The smallest absolute Gasteiger partial charge is 0.254 e. The van der Waals surface area contributed by atoms with Crippen molar-refractivity contribution in [1.29, 1.82) is 0 Å². The van der Waals surface area contributed by atoms with Gasteiger partial charge in [0.05, 0.1) is 13.7 Å². The van der Waals surface area contributed by atoms with Gasteiger partial charge in [-0.2, -0.15) is 0 Å². The molecule has 0 saturated carbocycles. The molecule has 3 aromatic carbocycles. The Labute approximate surface area is 217 Å². The van der Waals surface area contributed by atoms with Gasteiger partial charge >= 0.3 is 0 Å². The molecule has 0 spiro atoms. The Morgan fingerprint density at radius 1 is 0.946 bits per heavy atom. The van der Waals surface area contributed by atoms with Crippen LogP contribution in [0.5, 0.6) is 17.2 Å². The summed E-state index contributed by atoms with van der Waals surface area (Å²) < 4.78 is 16.2. The molecule has 1 amide bonds. The van der Waals surface area contributed by atoms with E-state index in [1.807, 2.05) is 29.2 Å². The summed E-state index contributed by atoms with van der Waals surface area (Å²) in [5.41, 5.74) is 4.09. The average molecular weight is 501 g/mol. The maximum Gasteiger partial charge on any atom is 0.254 e. The second-order valence-electron chi connectivity index (χ2n) is 9.96. The molecular weight excluding hydrogens is 468 g/mol. The molecule has 1 N–H and O–H groups in total. The highest BCUT2D eigenvalue weighted by molar-refractivity contribution is 5.95. The quantitative estimate of drug-likeness (QED) is 0.568. The van der Waals surface area contributed by atoms with Crippen molar-refractivity contribution in [2.75, 3.05) is 40.1 Å². The summed E-state index contributed by atoms with van der Waals surface area (Å²) in [6.07, 6.45) is 1.94. The fourth-order valence-corrected chi connectivity index (χ4v) is 6.02. The number of aliphatic hydroxyl groups is 1. The molecule has 7 nitrogen and oxygen atoms in total. The van der Waals surface area contributed by atoms with E-state index in [1.54, 1.807) is 13.2 Å². The highest BCUT2D eigenvalue weighted by Crippen LogP contribution is 2.43. The lowest BCUT2D eigenvalue weighted by Crippen LogP contribution is -2.67. The minimum Gasteiger partial charge on any atom is -0.497 e. The summed E-state index contributed by atoms with van der Waals surface area (Å²) in [6.45, 7) is 2.61. The third kappa shape index (κ3) is 4.43. The summed E-state index contributed by atoms with van der Waals surface area (Å²) in [7, 11) is 1.67. The van der Waals surface area contributed by atoms with E-state index in [-0.39, 0.29) is 37.3 Å². The molecule has 3 atom stereocenters. The van der Waals surface area contributed by atoms with Crippen molar-refractivity contribution in [1.82, 2.24) is 9.80 Å². The van der Waals surface area contributed by atoms with Crippen molar-refractivity contribution in [2.45, 2.75) is 30.8 Å². The van der Waals surface area contributed by atoms with E-state index in [0.29, 0.717) is 23.6 Å². The van der Waals surface area contributed by atoms with E-state index in [0.717, 1.165) is 42.8 Å². The molecule has 6 rings (SSSR count). The minimum absolute atomic E-state index is 0.0150. The van der Waals surface area contributed by atoms with Gasteiger partial charge in [-0.15, -0.1) is 0 Å². The van der Waals surface area contributed by atoms with Crippen LogP contribution in [0.2, 0.25) is 0 Å². The summed E-state index contributed by atoms with van der Waals surface area (Å²) in [5, 5.41) is 10.3. The second-order valence-corrected chi connectivity index (χ2v) is 9.96. The number of rotatable bonds is 5. The van der Waals surface area contributed by atoms with Crippen molar-refractivity contribution >= 4 is 5.91 Å². The molecule has 37 heavy (non-hydrogen) atoms. The van der Waals surface area contributed by atoms with Crippen LogP contribution in [0.3, 0.4) is 0 Å².